The van der Waals surface area contributed by atoms with Crippen LogP contribution in [0.2, 0.25) is 0 Å². The van der Waals surface area contributed by atoms with Gasteiger partial charge in [-0.1, -0.05) is 0 Å². The summed E-state index contributed by atoms with van der Waals surface area (Å²) >= 11 is 0. The van der Waals surface area contributed by atoms with Crippen LogP contribution >= 0.6 is 0 Å². The molecule has 0 aliphatic heterocycles. The van der Waals surface area contributed by atoms with E-state index >= 15 is 0 Å². The summed E-state index contributed by atoms with van der Waals surface area (Å²) in [5.74, 6) is -2.41. The summed E-state index contributed by atoms with van der Waals surface area (Å²) in [6.07, 6.45) is 1.26. The van der Waals surface area contributed by atoms with Crippen molar-refractivity contribution in [2.45, 2.75) is 19.3 Å². The van der Waals surface area contributed by atoms with Crippen LogP contribution in [0.3, 0.4) is 0 Å². The quantitative estimate of drug-likeness (QED) is 0.397. The third-order valence-corrected chi connectivity index (χ3v) is 2.03. The molecule has 0 aromatic rings. The molecule has 14 heavy (non-hydrogen) atoms. The number of hydrogen-bond donors (Lipinski definition) is 4. The number of hydrogen-bond acceptors (Lipinski definition) is 4. The Bertz CT molecular complexity index is 182. The van der Waals surface area contributed by atoms with Gasteiger partial charge >= 0.3 is 11.9 Å². The molecule has 6 nitrogen and oxygen atoms in total. The first kappa shape index (κ1) is 23.4. The molecule has 0 bridgehead atoms. The first-order valence-electron chi connectivity index (χ1n) is 3.06. The van der Waals surface area contributed by atoms with E-state index in [1.807, 2.05) is 0 Å². The average molecular weight is 384 g/mol. The summed E-state index contributed by atoms with van der Waals surface area (Å²) in [6.45, 7) is 0. The topological polar surface area (TPSA) is 145 Å². The molecule has 0 spiro atoms. The van der Waals surface area contributed by atoms with Crippen molar-refractivity contribution >= 4 is 20.4 Å². The molecule has 1 aliphatic carbocycles. The van der Waals surface area contributed by atoms with E-state index in [1.165, 1.54) is 0 Å². The van der Waals surface area contributed by atoms with Gasteiger partial charge in [0.25, 0.3) is 0 Å². The van der Waals surface area contributed by atoms with E-state index in [4.69, 9.17) is 10.2 Å². The summed E-state index contributed by atoms with van der Waals surface area (Å²) in [5, 5.41) is 16.9. The maximum Gasteiger partial charge on any atom is 0.321 e. The molecule has 85 valence electrons. The molecule has 1 aliphatic rings. The summed E-state index contributed by atoms with van der Waals surface area (Å²) in [7, 11) is 0. The second kappa shape index (κ2) is 7.97. The molecule has 8 heteroatoms. The number of carboxylic acids is 2. The molecule has 0 saturated heterocycles. The van der Waals surface area contributed by atoms with E-state index in [1.54, 1.807) is 0 Å². The van der Waals surface area contributed by atoms with Gasteiger partial charge < -0.3 is 22.5 Å². The third kappa shape index (κ3) is 3.40. The van der Waals surface area contributed by atoms with Crippen molar-refractivity contribution in [1.29, 1.82) is 0 Å². The second-order valence-corrected chi connectivity index (χ2v) is 2.55. The van der Waals surface area contributed by atoms with Crippen LogP contribution in [0.5, 0.6) is 0 Å². The number of carboxylic acid groups (broad SMARTS) is 2. The molecule has 1 rings (SSSR count). The number of carbonyl (C=O) groups is 2. The molecule has 0 atom stereocenters. The fraction of sp³-hybridized carbons (Fsp3) is 0.667. The van der Waals surface area contributed by atoms with Crippen molar-refractivity contribution in [3.63, 3.8) is 0 Å². The fourth-order valence-corrected chi connectivity index (χ4v) is 1.05. The Balaban J connectivity index is -0.000000125. The Hall–Kier alpha value is -0.387. The third-order valence-electron chi connectivity index (χ3n) is 2.03. The molecule has 0 aromatic carbocycles. The molecular weight excluding hydrogens is 370 g/mol. The van der Waals surface area contributed by atoms with Gasteiger partial charge in [0, 0.05) is 29.5 Å². The van der Waals surface area contributed by atoms with Crippen molar-refractivity contribution < 1.29 is 40.9 Å². The van der Waals surface area contributed by atoms with Crippen LogP contribution in [-0.4, -0.2) is 30.6 Å². The van der Waals surface area contributed by atoms with E-state index in [0.717, 1.165) is 0 Å². The van der Waals surface area contributed by atoms with E-state index in [-0.39, 0.29) is 54.6 Å². The van der Waals surface area contributed by atoms with Crippen molar-refractivity contribution in [3.05, 3.63) is 0 Å². The Morgan fingerprint density at radius 1 is 1.00 bits per heavy atom. The minimum Gasteiger partial charge on any atom is -0.480 e. The molecule has 8 N–H and O–H groups in total. The standard InChI is InChI=1S/C6H8O4.B.2H3N.Pt/c7-4(8)6(5(9)10)2-1-3-6;;;;/h1-3H2,(H,7,8)(H,9,10);;2*1H3;. The van der Waals surface area contributed by atoms with Gasteiger partial charge in [0.1, 0.15) is 0 Å². The van der Waals surface area contributed by atoms with Crippen LogP contribution in [0.1, 0.15) is 19.3 Å². The van der Waals surface area contributed by atoms with Crippen LogP contribution in [0.4, 0.5) is 0 Å². The molecule has 0 amide bonds. The van der Waals surface area contributed by atoms with Gasteiger partial charge in [-0.2, -0.15) is 0 Å². The zero-order valence-corrected chi connectivity index (χ0v) is 9.91. The zero-order valence-electron chi connectivity index (χ0n) is 7.64. The molecule has 1 fully saturated rings. The predicted octanol–water partition coefficient (Wildman–Crippen LogP) is 0.267. The molecule has 0 heterocycles. The van der Waals surface area contributed by atoms with Crippen molar-refractivity contribution in [3.8, 4) is 0 Å². The smallest absolute Gasteiger partial charge is 0.321 e. The summed E-state index contributed by atoms with van der Waals surface area (Å²) in [4.78, 5) is 20.7. The summed E-state index contributed by atoms with van der Waals surface area (Å²) in [5.41, 5.74) is -1.44. The van der Waals surface area contributed by atoms with Gasteiger partial charge in [-0.05, 0) is 19.3 Å². The minimum absolute atomic E-state index is 0. The number of rotatable bonds is 2. The molecular formula is C6H14BN2O4Pt. The van der Waals surface area contributed by atoms with Crippen LogP contribution in [0.15, 0.2) is 0 Å². The normalized spacial score (nSPS) is 15.1. The zero-order chi connectivity index (χ0) is 7.78. The van der Waals surface area contributed by atoms with Crippen LogP contribution in [-0.2, 0) is 30.7 Å². The second-order valence-electron chi connectivity index (χ2n) is 2.55. The van der Waals surface area contributed by atoms with Crippen molar-refractivity contribution in [1.82, 2.24) is 12.3 Å². The molecule has 3 radical (unpaired) electrons. The molecule has 0 aromatic heterocycles. The first-order valence-corrected chi connectivity index (χ1v) is 3.06. The van der Waals surface area contributed by atoms with Gasteiger partial charge in [-0.3, -0.25) is 9.59 Å². The Labute approximate surface area is 98.5 Å². The van der Waals surface area contributed by atoms with Gasteiger partial charge in [-0.15, -0.1) is 0 Å². The molecule has 1 saturated carbocycles. The van der Waals surface area contributed by atoms with Crippen LogP contribution in [0, 0.1) is 5.41 Å². The largest absolute Gasteiger partial charge is 0.480 e. The van der Waals surface area contributed by atoms with Gasteiger partial charge in [-0.25, -0.2) is 0 Å². The summed E-state index contributed by atoms with van der Waals surface area (Å²) < 4.78 is 0. The maximum absolute atomic E-state index is 10.4. The first-order chi connectivity index (χ1) is 4.59. The van der Waals surface area contributed by atoms with E-state index < -0.39 is 17.4 Å². The summed E-state index contributed by atoms with van der Waals surface area (Å²) in [6, 6.07) is 0. The van der Waals surface area contributed by atoms with E-state index in [9.17, 15) is 9.59 Å². The SMILES string of the molecule is N.N.O=C(O)C1(C(=O)O)CCC1.[B].[Pt]. The monoisotopic (exact) mass is 384 g/mol. The van der Waals surface area contributed by atoms with Crippen molar-refractivity contribution in [2.24, 2.45) is 5.41 Å². The minimum atomic E-state index is -1.44. The maximum atomic E-state index is 10.4. The van der Waals surface area contributed by atoms with Crippen LogP contribution < -0.4 is 12.3 Å². The van der Waals surface area contributed by atoms with Gasteiger partial charge in [0.2, 0.25) is 0 Å². The predicted molar refractivity (Wildman–Crippen MR) is 47.4 cm³/mol. The van der Waals surface area contributed by atoms with E-state index in [0.29, 0.717) is 6.42 Å². The number of aliphatic carboxylic acids is 2. The van der Waals surface area contributed by atoms with E-state index in [2.05, 4.69) is 0 Å². The van der Waals surface area contributed by atoms with Crippen molar-refractivity contribution in [2.75, 3.05) is 0 Å². The Kier molecular flexibility index (Phi) is 13.3. The van der Waals surface area contributed by atoms with Crippen LogP contribution in [0.25, 0.3) is 0 Å². The Morgan fingerprint density at radius 2 is 1.29 bits per heavy atom. The Morgan fingerprint density at radius 3 is 1.29 bits per heavy atom. The average Bonchev–Trinajstić information content (AvgIpc) is 1.57. The van der Waals surface area contributed by atoms with Gasteiger partial charge in [0.15, 0.2) is 5.41 Å². The fourth-order valence-electron chi connectivity index (χ4n) is 1.05. The molecule has 0 unspecified atom stereocenters. The van der Waals surface area contributed by atoms with Gasteiger partial charge in [0.05, 0.1) is 0 Å².